The van der Waals surface area contributed by atoms with Crippen molar-refractivity contribution >= 4 is 12.0 Å². The van der Waals surface area contributed by atoms with Gasteiger partial charge in [0.1, 0.15) is 5.60 Å². The summed E-state index contributed by atoms with van der Waals surface area (Å²) < 4.78 is 5.40. The first-order valence-corrected chi connectivity index (χ1v) is 6.99. The van der Waals surface area contributed by atoms with Crippen LogP contribution in [0.25, 0.3) is 0 Å². The van der Waals surface area contributed by atoms with Gasteiger partial charge in [0.15, 0.2) is 0 Å². The van der Waals surface area contributed by atoms with E-state index < -0.39 is 5.60 Å². The molecule has 5 heteroatoms. The van der Waals surface area contributed by atoms with Gasteiger partial charge >= 0.3 is 6.09 Å². The number of amides is 2. The monoisotopic (exact) mass is 268 g/mol. The van der Waals surface area contributed by atoms with Crippen LogP contribution in [0, 0.1) is 5.92 Å². The summed E-state index contributed by atoms with van der Waals surface area (Å²) in [6, 6.07) is 0.301. The largest absolute Gasteiger partial charge is 0.444 e. The van der Waals surface area contributed by atoms with Crippen LogP contribution >= 0.6 is 0 Å². The Kier molecular flexibility index (Phi) is 3.49. The van der Waals surface area contributed by atoms with Crippen molar-refractivity contribution in [3.63, 3.8) is 0 Å². The molecule has 2 aliphatic rings. The molecule has 0 aromatic carbocycles. The maximum atomic E-state index is 12.1. The lowest BCUT2D eigenvalue weighted by atomic mass is 10.1. The van der Waals surface area contributed by atoms with Crippen molar-refractivity contribution in [2.45, 2.75) is 58.7 Å². The second-order valence-electron chi connectivity index (χ2n) is 6.82. The SMILES string of the molecule is CC(C)C(=O)N1C[C@@H]2C[C@H]1CN2C(=O)OC(C)(C)C. The highest BCUT2D eigenvalue weighted by Crippen LogP contribution is 2.32. The zero-order valence-electron chi connectivity index (χ0n) is 12.5. The van der Waals surface area contributed by atoms with E-state index in [1.165, 1.54) is 0 Å². The van der Waals surface area contributed by atoms with Crippen LogP contribution in [0.4, 0.5) is 4.79 Å². The van der Waals surface area contributed by atoms with Crippen LogP contribution in [0.3, 0.4) is 0 Å². The van der Waals surface area contributed by atoms with Gasteiger partial charge < -0.3 is 14.5 Å². The molecule has 0 N–H and O–H groups in total. The van der Waals surface area contributed by atoms with Crippen molar-refractivity contribution in [1.29, 1.82) is 0 Å². The number of hydrogen-bond donors (Lipinski definition) is 0. The molecule has 2 amide bonds. The molecule has 2 rings (SSSR count). The normalized spacial score (nSPS) is 26.2. The Morgan fingerprint density at radius 3 is 2.05 bits per heavy atom. The van der Waals surface area contributed by atoms with E-state index in [1.807, 2.05) is 39.5 Å². The molecule has 2 fully saturated rings. The van der Waals surface area contributed by atoms with E-state index >= 15 is 0 Å². The molecule has 0 aliphatic carbocycles. The number of carbonyl (C=O) groups excluding carboxylic acids is 2. The number of hydrogen-bond acceptors (Lipinski definition) is 3. The molecule has 0 aromatic rings. The van der Waals surface area contributed by atoms with Crippen molar-refractivity contribution in [3.8, 4) is 0 Å². The zero-order chi connectivity index (χ0) is 14.4. The lowest BCUT2D eigenvalue weighted by Crippen LogP contribution is -2.52. The van der Waals surface area contributed by atoms with Crippen LogP contribution < -0.4 is 0 Å². The Bertz CT molecular complexity index is 387. The van der Waals surface area contributed by atoms with Gasteiger partial charge in [-0.3, -0.25) is 4.79 Å². The molecule has 0 spiro atoms. The number of likely N-dealkylation sites (tertiary alicyclic amines) is 2. The number of nitrogens with zero attached hydrogens (tertiary/aromatic N) is 2. The quantitative estimate of drug-likeness (QED) is 0.729. The predicted octanol–water partition coefficient (Wildman–Crippen LogP) is 1.86. The third-order valence-corrected chi connectivity index (χ3v) is 3.65. The summed E-state index contributed by atoms with van der Waals surface area (Å²) in [5, 5.41) is 0. The van der Waals surface area contributed by atoms with Gasteiger partial charge in [-0.05, 0) is 27.2 Å². The molecule has 2 atom stereocenters. The average molecular weight is 268 g/mol. The molecule has 2 heterocycles. The molecule has 2 aliphatic heterocycles. The molecule has 108 valence electrons. The van der Waals surface area contributed by atoms with Crippen LogP contribution in [0.5, 0.6) is 0 Å². The fourth-order valence-corrected chi connectivity index (χ4v) is 2.81. The van der Waals surface area contributed by atoms with E-state index in [0.29, 0.717) is 13.1 Å². The lowest BCUT2D eigenvalue weighted by molar-refractivity contribution is -0.136. The van der Waals surface area contributed by atoms with Gasteiger partial charge in [-0.1, -0.05) is 13.8 Å². The minimum absolute atomic E-state index is 0.0225. The smallest absolute Gasteiger partial charge is 0.410 e. The first kappa shape index (κ1) is 14.2. The Hall–Kier alpha value is -1.26. The number of ether oxygens (including phenoxy) is 1. The van der Waals surface area contributed by atoms with E-state index in [-0.39, 0.29) is 30.0 Å². The van der Waals surface area contributed by atoms with Gasteiger partial charge in [0.25, 0.3) is 0 Å². The molecule has 2 bridgehead atoms. The van der Waals surface area contributed by atoms with Crippen LogP contribution in [0.15, 0.2) is 0 Å². The van der Waals surface area contributed by atoms with E-state index in [0.717, 1.165) is 6.42 Å². The van der Waals surface area contributed by atoms with E-state index in [1.54, 1.807) is 4.90 Å². The summed E-state index contributed by atoms with van der Waals surface area (Å²) in [4.78, 5) is 27.8. The topological polar surface area (TPSA) is 49.9 Å². The Labute approximate surface area is 114 Å². The number of piperazine rings is 1. The van der Waals surface area contributed by atoms with Gasteiger partial charge in [0.05, 0.1) is 12.1 Å². The van der Waals surface area contributed by atoms with Crippen molar-refractivity contribution in [3.05, 3.63) is 0 Å². The van der Waals surface area contributed by atoms with Crippen LogP contribution in [-0.2, 0) is 9.53 Å². The number of fused-ring (bicyclic) bond motifs is 2. The van der Waals surface area contributed by atoms with Crippen molar-refractivity contribution in [2.24, 2.45) is 5.92 Å². The second kappa shape index (κ2) is 4.69. The minimum atomic E-state index is -0.466. The molecule has 0 unspecified atom stereocenters. The summed E-state index contributed by atoms with van der Waals surface area (Å²) in [5.41, 5.74) is -0.466. The Balaban J connectivity index is 1.96. The van der Waals surface area contributed by atoms with Gasteiger partial charge in [-0.15, -0.1) is 0 Å². The summed E-state index contributed by atoms with van der Waals surface area (Å²) in [5.74, 6) is 0.214. The summed E-state index contributed by atoms with van der Waals surface area (Å²) in [6.45, 7) is 10.7. The highest BCUT2D eigenvalue weighted by atomic mass is 16.6. The molecule has 0 saturated carbocycles. The summed E-state index contributed by atoms with van der Waals surface area (Å²) >= 11 is 0. The number of carbonyl (C=O) groups is 2. The van der Waals surface area contributed by atoms with Gasteiger partial charge in [-0.25, -0.2) is 4.79 Å². The Morgan fingerprint density at radius 2 is 1.63 bits per heavy atom. The molecule has 0 radical (unpaired) electrons. The maximum Gasteiger partial charge on any atom is 0.410 e. The standard InChI is InChI=1S/C14H24N2O3/c1-9(2)12(17)15-7-11-6-10(15)8-16(11)13(18)19-14(3,4)5/h9-11H,6-8H2,1-5H3/t10-,11-/m0/s1. The summed E-state index contributed by atoms with van der Waals surface area (Å²) in [6.07, 6.45) is 0.634. The van der Waals surface area contributed by atoms with Gasteiger partial charge in [0, 0.05) is 19.0 Å². The lowest BCUT2D eigenvalue weighted by Gasteiger charge is -2.35. The first-order valence-electron chi connectivity index (χ1n) is 6.99. The van der Waals surface area contributed by atoms with Gasteiger partial charge in [0.2, 0.25) is 5.91 Å². The molecule has 2 saturated heterocycles. The molecule has 5 nitrogen and oxygen atoms in total. The van der Waals surface area contributed by atoms with Gasteiger partial charge in [-0.2, -0.15) is 0 Å². The molecule has 0 aromatic heterocycles. The third kappa shape index (κ3) is 2.85. The van der Waals surface area contributed by atoms with Crippen LogP contribution in [0.2, 0.25) is 0 Å². The third-order valence-electron chi connectivity index (χ3n) is 3.65. The highest BCUT2D eigenvalue weighted by Gasteiger charge is 2.48. The predicted molar refractivity (Wildman–Crippen MR) is 71.7 cm³/mol. The van der Waals surface area contributed by atoms with E-state index in [2.05, 4.69) is 0 Å². The van der Waals surface area contributed by atoms with Crippen molar-refractivity contribution in [1.82, 2.24) is 9.80 Å². The molecule has 19 heavy (non-hydrogen) atoms. The maximum absolute atomic E-state index is 12.1. The Morgan fingerprint density at radius 1 is 1.11 bits per heavy atom. The van der Waals surface area contributed by atoms with E-state index in [4.69, 9.17) is 4.74 Å². The fourth-order valence-electron chi connectivity index (χ4n) is 2.81. The molecular weight excluding hydrogens is 244 g/mol. The number of rotatable bonds is 1. The first-order chi connectivity index (χ1) is 8.69. The summed E-state index contributed by atoms with van der Waals surface area (Å²) in [7, 11) is 0. The second-order valence-corrected chi connectivity index (χ2v) is 6.82. The fraction of sp³-hybridized carbons (Fsp3) is 0.857. The highest BCUT2D eigenvalue weighted by molar-refractivity contribution is 5.79. The van der Waals surface area contributed by atoms with Crippen molar-refractivity contribution in [2.75, 3.05) is 13.1 Å². The van der Waals surface area contributed by atoms with Crippen LogP contribution in [0.1, 0.15) is 41.0 Å². The average Bonchev–Trinajstić information content (AvgIpc) is 2.84. The van der Waals surface area contributed by atoms with Crippen molar-refractivity contribution < 1.29 is 14.3 Å². The zero-order valence-corrected chi connectivity index (χ0v) is 12.5. The van der Waals surface area contributed by atoms with Crippen LogP contribution in [-0.4, -0.2) is 52.6 Å². The van der Waals surface area contributed by atoms with E-state index in [9.17, 15) is 9.59 Å². The minimum Gasteiger partial charge on any atom is -0.444 e. The molecular formula is C14H24N2O3.